The SMILES string of the molecule is CCCC[Si](C)(C)CCCCCCOc1ccc(-c2ccc(C(=O)OCc3ccccc3)cc2)cc1. The van der Waals surface area contributed by atoms with Gasteiger partial charge < -0.3 is 9.47 Å². The summed E-state index contributed by atoms with van der Waals surface area (Å²) in [6.45, 7) is 8.44. The minimum Gasteiger partial charge on any atom is -0.494 e. The molecular weight excluding hydrogens is 460 g/mol. The molecule has 192 valence electrons. The van der Waals surface area contributed by atoms with Crippen LogP contribution in [0.25, 0.3) is 11.1 Å². The molecule has 0 aromatic heterocycles. The first kappa shape index (κ1) is 27.7. The number of hydrogen-bond donors (Lipinski definition) is 0. The van der Waals surface area contributed by atoms with Crippen molar-refractivity contribution in [1.29, 1.82) is 0 Å². The van der Waals surface area contributed by atoms with Crippen molar-refractivity contribution in [3.63, 3.8) is 0 Å². The molecule has 0 aliphatic heterocycles. The normalized spacial score (nSPS) is 11.3. The van der Waals surface area contributed by atoms with Gasteiger partial charge in [-0.25, -0.2) is 4.79 Å². The molecule has 0 saturated carbocycles. The van der Waals surface area contributed by atoms with Crippen molar-refractivity contribution in [3.8, 4) is 16.9 Å². The lowest BCUT2D eigenvalue weighted by Crippen LogP contribution is -2.24. The molecule has 0 amide bonds. The molecule has 0 aliphatic carbocycles. The maximum absolute atomic E-state index is 12.3. The molecule has 3 rings (SSSR count). The average Bonchev–Trinajstić information content (AvgIpc) is 2.91. The largest absolute Gasteiger partial charge is 0.494 e. The molecule has 0 radical (unpaired) electrons. The van der Waals surface area contributed by atoms with E-state index >= 15 is 0 Å². The van der Waals surface area contributed by atoms with Gasteiger partial charge in [0.15, 0.2) is 0 Å². The lowest BCUT2D eigenvalue weighted by atomic mass is 10.0. The van der Waals surface area contributed by atoms with Crippen LogP contribution in [0.1, 0.15) is 61.4 Å². The fourth-order valence-electron chi connectivity index (χ4n) is 4.38. The molecule has 3 nitrogen and oxygen atoms in total. The zero-order valence-electron chi connectivity index (χ0n) is 22.3. The minimum atomic E-state index is -0.959. The van der Waals surface area contributed by atoms with Crippen LogP contribution in [0.4, 0.5) is 0 Å². The zero-order valence-corrected chi connectivity index (χ0v) is 23.3. The van der Waals surface area contributed by atoms with Gasteiger partial charge in [-0.2, -0.15) is 0 Å². The van der Waals surface area contributed by atoms with Gasteiger partial charge in [-0.1, -0.05) is 119 Å². The Labute approximate surface area is 218 Å². The van der Waals surface area contributed by atoms with Crippen molar-refractivity contribution in [3.05, 3.63) is 90.0 Å². The second-order valence-electron chi connectivity index (χ2n) is 10.4. The average molecular weight is 503 g/mol. The van der Waals surface area contributed by atoms with Gasteiger partial charge in [0.05, 0.1) is 12.2 Å². The van der Waals surface area contributed by atoms with Crippen molar-refractivity contribution in [1.82, 2.24) is 0 Å². The van der Waals surface area contributed by atoms with Crippen LogP contribution in [-0.4, -0.2) is 20.7 Å². The standard InChI is InChI=1S/C32H42O3Si/c1-4-5-24-36(2,3)25-12-7-6-11-23-34-31-21-19-29(20-22-31)28-15-17-30(18-16-28)32(33)35-26-27-13-9-8-10-14-27/h8-10,13-22H,4-7,11-12,23-26H2,1-3H3. The van der Waals surface area contributed by atoms with E-state index in [1.165, 1.54) is 44.2 Å². The maximum atomic E-state index is 12.3. The van der Waals surface area contributed by atoms with Crippen molar-refractivity contribution >= 4 is 14.0 Å². The number of hydrogen-bond acceptors (Lipinski definition) is 3. The van der Waals surface area contributed by atoms with Gasteiger partial charge in [-0.3, -0.25) is 0 Å². The summed E-state index contributed by atoms with van der Waals surface area (Å²) in [4.78, 5) is 12.3. The van der Waals surface area contributed by atoms with Crippen molar-refractivity contribution in [2.75, 3.05) is 6.61 Å². The Morgan fingerprint density at radius 2 is 1.33 bits per heavy atom. The van der Waals surface area contributed by atoms with Gasteiger partial charge in [0, 0.05) is 8.07 Å². The maximum Gasteiger partial charge on any atom is 0.338 e. The van der Waals surface area contributed by atoms with Gasteiger partial charge in [-0.15, -0.1) is 0 Å². The Balaban J connectivity index is 1.36. The summed E-state index contributed by atoms with van der Waals surface area (Å²) in [7, 11) is -0.959. The van der Waals surface area contributed by atoms with Crippen LogP contribution in [0, 0.1) is 0 Å². The highest BCUT2D eigenvalue weighted by atomic mass is 28.3. The van der Waals surface area contributed by atoms with Crippen molar-refractivity contribution in [2.24, 2.45) is 0 Å². The summed E-state index contributed by atoms with van der Waals surface area (Å²) in [6, 6.07) is 28.4. The first-order chi connectivity index (χ1) is 17.5. The number of carbonyl (C=O) groups is 1. The van der Waals surface area contributed by atoms with Crippen molar-refractivity contribution < 1.29 is 14.3 Å². The molecule has 0 bridgehead atoms. The van der Waals surface area contributed by atoms with Crippen LogP contribution in [0.15, 0.2) is 78.9 Å². The molecule has 4 heteroatoms. The van der Waals surface area contributed by atoms with E-state index in [9.17, 15) is 4.79 Å². The number of carbonyl (C=O) groups excluding carboxylic acids is 1. The Bertz CT molecular complexity index is 1030. The summed E-state index contributed by atoms with van der Waals surface area (Å²) in [5, 5.41) is 0. The Kier molecular flexibility index (Phi) is 11.3. The van der Waals surface area contributed by atoms with Crippen LogP contribution >= 0.6 is 0 Å². The first-order valence-corrected chi connectivity index (χ1v) is 16.9. The number of rotatable bonds is 15. The molecular formula is C32H42O3Si. The monoisotopic (exact) mass is 502 g/mol. The van der Waals surface area contributed by atoms with Gasteiger partial charge in [-0.05, 0) is 47.4 Å². The summed E-state index contributed by atoms with van der Waals surface area (Å²) in [6.07, 6.45) is 7.78. The van der Waals surface area contributed by atoms with E-state index < -0.39 is 8.07 Å². The van der Waals surface area contributed by atoms with E-state index in [-0.39, 0.29) is 12.6 Å². The predicted octanol–water partition coefficient (Wildman–Crippen LogP) is 9.16. The highest BCUT2D eigenvalue weighted by Gasteiger charge is 2.18. The van der Waals surface area contributed by atoms with E-state index in [0.717, 1.165) is 35.5 Å². The topological polar surface area (TPSA) is 35.5 Å². The molecule has 0 saturated heterocycles. The Hall–Kier alpha value is -2.85. The van der Waals surface area contributed by atoms with Gasteiger partial charge in [0.1, 0.15) is 12.4 Å². The summed E-state index contributed by atoms with van der Waals surface area (Å²) >= 11 is 0. The minimum absolute atomic E-state index is 0.279. The Morgan fingerprint density at radius 1 is 0.722 bits per heavy atom. The molecule has 3 aromatic carbocycles. The molecule has 0 N–H and O–H groups in total. The fraction of sp³-hybridized carbons (Fsp3) is 0.406. The smallest absolute Gasteiger partial charge is 0.338 e. The predicted molar refractivity (Wildman–Crippen MR) is 153 cm³/mol. The third kappa shape index (κ3) is 9.66. The third-order valence-electron chi connectivity index (χ3n) is 6.74. The molecule has 36 heavy (non-hydrogen) atoms. The first-order valence-electron chi connectivity index (χ1n) is 13.5. The van der Waals surface area contributed by atoms with E-state index in [2.05, 4.69) is 32.2 Å². The second-order valence-corrected chi connectivity index (χ2v) is 15.8. The van der Waals surface area contributed by atoms with Crippen LogP contribution in [0.5, 0.6) is 5.75 Å². The van der Waals surface area contributed by atoms with Gasteiger partial charge >= 0.3 is 5.97 Å². The van der Waals surface area contributed by atoms with E-state index in [1.807, 2.05) is 66.7 Å². The zero-order chi connectivity index (χ0) is 25.6. The van der Waals surface area contributed by atoms with Crippen molar-refractivity contribution in [2.45, 2.75) is 77.2 Å². The van der Waals surface area contributed by atoms with E-state index in [0.29, 0.717) is 5.56 Å². The molecule has 0 spiro atoms. The molecule has 0 aliphatic rings. The van der Waals surface area contributed by atoms with E-state index in [4.69, 9.17) is 9.47 Å². The number of ether oxygens (including phenoxy) is 2. The molecule has 0 heterocycles. The van der Waals surface area contributed by atoms with Crippen LogP contribution in [-0.2, 0) is 11.3 Å². The van der Waals surface area contributed by atoms with E-state index in [1.54, 1.807) is 0 Å². The quantitative estimate of drug-likeness (QED) is 0.118. The molecule has 0 unspecified atom stereocenters. The molecule has 0 fully saturated rings. The van der Waals surface area contributed by atoms with Crippen LogP contribution in [0.3, 0.4) is 0 Å². The van der Waals surface area contributed by atoms with Gasteiger partial charge in [0.2, 0.25) is 0 Å². The summed E-state index contributed by atoms with van der Waals surface area (Å²) in [5.41, 5.74) is 3.70. The third-order valence-corrected chi connectivity index (χ3v) is 10.2. The number of unbranched alkanes of at least 4 members (excludes halogenated alkanes) is 4. The lowest BCUT2D eigenvalue weighted by Gasteiger charge is -2.21. The lowest BCUT2D eigenvalue weighted by molar-refractivity contribution is 0.0472. The summed E-state index contributed by atoms with van der Waals surface area (Å²) in [5.74, 6) is 0.601. The molecule has 0 atom stereocenters. The second kappa shape index (κ2) is 14.6. The Morgan fingerprint density at radius 3 is 2.00 bits per heavy atom. The number of esters is 1. The van der Waals surface area contributed by atoms with Crippen LogP contribution in [0.2, 0.25) is 25.2 Å². The summed E-state index contributed by atoms with van der Waals surface area (Å²) < 4.78 is 11.4. The fourth-order valence-corrected chi connectivity index (χ4v) is 7.15. The van der Waals surface area contributed by atoms with Gasteiger partial charge in [0.25, 0.3) is 0 Å². The molecule has 3 aromatic rings. The highest BCUT2D eigenvalue weighted by Crippen LogP contribution is 2.24. The highest BCUT2D eigenvalue weighted by molar-refractivity contribution is 6.77. The van der Waals surface area contributed by atoms with Crippen LogP contribution < -0.4 is 4.74 Å². The number of benzene rings is 3.